The van der Waals surface area contributed by atoms with Gasteiger partial charge in [-0.05, 0) is 19.1 Å². The van der Waals surface area contributed by atoms with Gasteiger partial charge in [0, 0.05) is 20.6 Å². The van der Waals surface area contributed by atoms with Gasteiger partial charge < -0.3 is 14.9 Å². The number of rotatable bonds is 5. The Balaban J connectivity index is 3.03. The number of aromatic carboxylic acids is 1. The summed E-state index contributed by atoms with van der Waals surface area (Å²) < 4.78 is 0. The molecule has 0 heterocycles. The van der Waals surface area contributed by atoms with Crippen LogP contribution in [0.3, 0.4) is 0 Å². The van der Waals surface area contributed by atoms with E-state index in [1.807, 2.05) is 0 Å². The fourth-order valence-electron chi connectivity index (χ4n) is 1.66. The Bertz CT molecular complexity index is 526. The van der Waals surface area contributed by atoms with Crippen molar-refractivity contribution in [2.24, 2.45) is 0 Å². The van der Waals surface area contributed by atoms with Crippen molar-refractivity contribution in [1.82, 2.24) is 9.80 Å². The number of hydrogen-bond acceptors (Lipinski definition) is 3. The summed E-state index contributed by atoms with van der Waals surface area (Å²) in [7, 11) is 3.21. The lowest BCUT2D eigenvalue weighted by Crippen LogP contribution is -2.40. The molecule has 0 spiro atoms. The van der Waals surface area contributed by atoms with Gasteiger partial charge >= 0.3 is 5.97 Å². The Kier molecular flexibility index (Phi) is 5.25. The van der Waals surface area contributed by atoms with Gasteiger partial charge in [-0.3, -0.25) is 9.59 Å². The van der Waals surface area contributed by atoms with E-state index in [2.05, 4.69) is 0 Å². The number of hydrogen-bond donors (Lipinski definition) is 1. The van der Waals surface area contributed by atoms with Crippen molar-refractivity contribution in [3.63, 3.8) is 0 Å². The molecule has 1 N–H and O–H groups in total. The highest BCUT2D eigenvalue weighted by molar-refractivity contribution is 6.05. The molecular weight excluding hydrogens is 260 g/mol. The van der Waals surface area contributed by atoms with E-state index in [1.165, 1.54) is 21.9 Å². The first kappa shape index (κ1) is 15.7. The largest absolute Gasteiger partial charge is 0.478 e. The van der Waals surface area contributed by atoms with E-state index >= 15 is 0 Å². The molecule has 0 unspecified atom stereocenters. The summed E-state index contributed by atoms with van der Waals surface area (Å²) in [6, 6.07) is 5.98. The zero-order valence-corrected chi connectivity index (χ0v) is 11.8. The predicted molar refractivity (Wildman–Crippen MR) is 73.7 cm³/mol. The second kappa shape index (κ2) is 6.70. The van der Waals surface area contributed by atoms with Gasteiger partial charge in [0.25, 0.3) is 5.91 Å². The fourth-order valence-corrected chi connectivity index (χ4v) is 1.66. The predicted octanol–water partition coefficient (Wildman–Crippen LogP) is 0.935. The van der Waals surface area contributed by atoms with E-state index in [4.69, 9.17) is 5.11 Å². The van der Waals surface area contributed by atoms with Crippen LogP contribution in [0.5, 0.6) is 0 Å². The molecular formula is C14H18N2O4. The molecule has 0 aliphatic heterocycles. The molecule has 108 valence electrons. The molecule has 0 fully saturated rings. The van der Waals surface area contributed by atoms with Crippen LogP contribution in [0.1, 0.15) is 27.6 Å². The summed E-state index contributed by atoms with van der Waals surface area (Å²) in [4.78, 5) is 37.9. The van der Waals surface area contributed by atoms with Crippen LogP contribution in [0.4, 0.5) is 0 Å². The lowest BCUT2D eigenvalue weighted by molar-refractivity contribution is -0.129. The van der Waals surface area contributed by atoms with Gasteiger partial charge in [-0.2, -0.15) is 0 Å². The number of benzene rings is 1. The van der Waals surface area contributed by atoms with Gasteiger partial charge in [-0.15, -0.1) is 0 Å². The smallest absolute Gasteiger partial charge is 0.336 e. The molecule has 20 heavy (non-hydrogen) atoms. The number of carboxylic acids is 1. The molecule has 1 aromatic carbocycles. The molecule has 0 atom stereocenters. The number of carbonyl (C=O) groups is 3. The summed E-state index contributed by atoms with van der Waals surface area (Å²) in [6.07, 6.45) is 0. The zero-order chi connectivity index (χ0) is 15.3. The van der Waals surface area contributed by atoms with Gasteiger partial charge in [-0.1, -0.05) is 12.1 Å². The highest BCUT2D eigenvalue weighted by Gasteiger charge is 2.22. The Morgan fingerprint density at radius 3 is 2.10 bits per heavy atom. The number of carboxylic acid groups (broad SMARTS) is 1. The zero-order valence-electron chi connectivity index (χ0n) is 11.8. The Morgan fingerprint density at radius 2 is 1.65 bits per heavy atom. The Hall–Kier alpha value is -2.37. The van der Waals surface area contributed by atoms with Crippen LogP contribution in [-0.2, 0) is 4.79 Å². The van der Waals surface area contributed by atoms with E-state index in [-0.39, 0.29) is 23.6 Å². The van der Waals surface area contributed by atoms with Crippen LogP contribution in [0, 0.1) is 0 Å². The molecule has 2 amide bonds. The van der Waals surface area contributed by atoms with E-state index in [0.29, 0.717) is 6.54 Å². The van der Waals surface area contributed by atoms with Crippen molar-refractivity contribution >= 4 is 17.8 Å². The van der Waals surface area contributed by atoms with Gasteiger partial charge in [0.1, 0.15) is 0 Å². The van der Waals surface area contributed by atoms with Gasteiger partial charge in [-0.25, -0.2) is 4.79 Å². The lowest BCUT2D eigenvalue weighted by Gasteiger charge is -2.22. The lowest BCUT2D eigenvalue weighted by atomic mass is 10.1. The van der Waals surface area contributed by atoms with E-state index < -0.39 is 11.9 Å². The average molecular weight is 278 g/mol. The Labute approximate surface area is 117 Å². The maximum Gasteiger partial charge on any atom is 0.336 e. The third kappa shape index (κ3) is 3.57. The van der Waals surface area contributed by atoms with E-state index in [9.17, 15) is 14.4 Å². The maximum absolute atomic E-state index is 12.4. The molecule has 0 aromatic heterocycles. The molecule has 6 nitrogen and oxygen atoms in total. The SMILES string of the molecule is CCN(CC(=O)N(C)C)C(=O)c1ccccc1C(=O)O. The molecule has 1 rings (SSSR count). The molecule has 0 radical (unpaired) electrons. The quantitative estimate of drug-likeness (QED) is 0.869. The normalized spacial score (nSPS) is 9.95. The molecule has 0 saturated carbocycles. The minimum absolute atomic E-state index is 0.0618. The molecule has 1 aromatic rings. The molecule has 0 saturated heterocycles. The summed E-state index contributed by atoms with van der Waals surface area (Å²) in [5, 5.41) is 9.09. The number of likely N-dealkylation sites (N-methyl/N-ethyl adjacent to an activating group) is 2. The second-order valence-electron chi connectivity index (χ2n) is 4.46. The molecule has 0 bridgehead atoms. The highest BCUT2D eigenvalue weighted by atomic mass is 16.4. The molecule has 6 heteroatoms. The van der Waals surface area contributed by atoms with E-state index in [1.54, 1.807) is 33.2 Å². The minimum Gasteiger partial charge on any atom is -0.478 e. The van der Waals surface area contributed by atoms with Crippen LogP contribution >= 0.6 is 0 Å². The topological polar surface area (TPSA) is 77.9 Å². The third-order valence-electron chi connectivity index (χ3n) is 2.88. The summed E-state index contributed by atoms with van der Waals surface area (Å²) >= 11 is 0. The van der Waals surface area contributed by atoms with Crippen molar-refractivity contribution < 1.29 is 19.5 Å². The van der Waals surface area contributed by atoms with Crippen molar-refractivity contribution in [3.05, 3.63) is 35.4 Å². The van der Waals surface area contributed by atoms with Gasteiger partial charge in [0.15, 0.2) is 0 Å². The fraction of sp³-hybridized carbons (Fsp3) is 0.357. The second-order valence-corrected chi connectivity index (χ2v) is 4.46. The highest BCUT2D eigenvalue weighted by Crippen LogP contribution is 2.12. The number of carbonyl (C=O) groups excluding carboxylic acids is 2. The molecule has 0 aliphatic rings. The number of amides is 2. The summed E-state index contributed by atoms with van der Waals surface area (Å²) in [5.74, 6) is -1.84. The third-order valence-corrected chi connectivity index (χ3v) is 2.88. The van der Waals surface area contributed by atoms with Gasteiger partial charge in [0.2, 0.25) is 5.91 Å². The first-order valence-electron chi connectivity index (χ1n) is 6.20. The Morgan fingerprint density at radius 1 is 1.10 bits per heavy atom. The van der Waals surface area contributed by atoms with Crippen LogP contribution in [-0.4, -0.2) is 59.9 Å². The van der Waals surface area contributed by atoms with E-state index in [0.717, 1.165) is 0 Å². The molecule has 0 aliphatic carbocycles. The van der Waals surface area contributed by atoms with Crippen LogP contribution < -0.4 is 0 Å². The standard InChI is InChI=1S/C14H18N2O4/c1-4-16(9-12(17)15(2)3)13(18)10-7-5-6-8-11(10)14(19)20/h5-8H,4,9H2,1-3H3,(H,19,20). The van der Waals surface area contributed by atoms with Crippen molar-refractivity contribution in [3.8, 4) is 0 Å². The average Bonchev–Trinajstić information content (AvgIpc) is 2.43. The van der Waals surface area contributed by atoms with Crippen molar-refractivity contribution in [2.75, 3.05) is 27.2 Å². The monoisotopic (exact) mass is 278 g/mol. The first-order valence-corrected chi connectivity index (χ1v) is 6.20. The minimum atomic E-state index is -1.16. The summed E-state index contributed by atoms with van der Waals surface area (Å²) in [6.45, 7) is 1.99. The number of nitrogens with zero attached hydrogens (tertiary/aromatic N) is 2. The van der Waals surface area contributed by atoms with Gasteiger partial charge in [0.05, 0.1) is 17.7 Å². The maximum atomic E-state index is 12.4. The first-order chi connectivity index (χ1) is 9.38. The van der Waals surface area contributed by atoms with Crippen LogP contribution in [0.25, 0.3) is 0 Å². The van der Waals surface area contributed by atoms with Crippen LogP contribution in [0.2, 0.25) is 0 Å². The van der Waals surface area contributed by atoms with Crippen molar-refractivity contribution in [2.45, 2.75) is 6.92 Å². The summed E-state index contributed by atoms with van der Waals surface area (Å²) in [5.41, 5.74) is 0.0293. The van der Waals surface area contributed by atoms with Crippen molar-refractivity contribution in [1.29, 1.82) is 0 Å². The van der Waals surface area contributed by atoms with Crippen LogP contribution in [0.15, 0.2) is 24.3 Å².